The third-order valence-corrected chi connectivity index (χ3v) is 7.59. The van der Waals surface area contributed by atoms with Crippen LogP contribution in [0.2, 0.25) is 0 Å². The van der Waals surface area contributed by atoms with Gasteiger partial charge in [0.25, 0.3) is 0 Å². The van der Waals surface area contributed by atoms with E-state index in [1.807, 2.05) is 11.3 Å². The van der Waals surface area contributed by atoms with Gasteiger partial charge in [-0.3, -0.25) is 4.90 Å². The minimum absolute atomic E-state index is 0.410. The second-order valence-electron chi connectivity index (χ2n) is 8.28. The summed E-state index contributed by atoms with van der Waals surface area (Å²) in [7, 11) is 1.78. The Labute approximate surface area is 173 Å². The zero-order valence-corrected chi connectivity index (χ0v) is 18.5. The Morgan fingerprint density at radius 1 is 1.07 bits per heavy atom. The number of rotatable bonds is 6. The number of thiophene rings is 1. The maximum Gasteiger partial charge on any atom is 0.141 e. The van der Waals surface area contributed by atoms with Gasteiger partial charge in [-0.15, -0.1) is 11.3 Å². The smallest absolute Gasteiger partial charge is 0.141 e. The molecule has 0 N–H and O–H groups in total. The Kier molecular flexibility index (Phi) is 6.48. The number of piperazine rings is 1. The van der Waals surface area contributed by atoms with Crippen LogP contribution in [0.15, 0.2) is 0 Å². The monoisotopic (exact) mass is 402 g/mol. The van der Waals surface area contributed by atoms with Crippen LogP contribution in [0.25, 0.3) is 10.2 Å². The van der Waals surface area contributed by atoms with Gasteiger partial charge in [0.2, 0.25) is 0 Å². The molecule has 28 heavy (non-hydrogen) atoms. The maximum atomic E-state index is 5.26. The molecule has 0 radical (unpaired) electrons. The summed E-state index contributed by atoms with van der Waals surface area (Å²) in [6.45, 7) is 10.6. The predicted octanol–water partition coefficient (Wildman–Crippen LogP) is 4.24. The number of ether oxygens (including phenoxy) is 1. The molecule has 0 spiro atoms. The van der Waals surface area contributed by atoms with Gasteiger partial charge < -0.3 is 9.64 Å². The molecule has 1 fully saturated rings. The van der Waals surface area contributed by atoms with E-state index in [2.05, 4.69) is 23.6 Å². The van der Waals surface area contributed by atoms with E-state index in [9.17, 15) is 0 Å². The summed E-state index contributed by atoms with van der Waals surface area (Å²) in [5.41, 5.74) is 1.56. The normalized spacial score (nSPS) is 19.6. The van der Waals surface area contributed by atoms with Gasteiger partial charge in [0.15, 0.2) is 0 Å². The fraction of sp³-hybridized carbons (Fsp3) is 0.727. The van der Waals surface area contributed by atoms with Gasteiger partial charge >= 0.3 is 0 Å². The van der Waals surface area contributed by atoms with E-state index in [1.165, 1.54) is 48.1 Å². The fourth-order valence-electron chi connectivity index (χ4n) is 4.37. The first kappa shape index (κ1) is 20.0. The average molecular weight is 403 g/mol. The van der Waals surface area contributed by atoms with E-state index >= 15 is 0 Å². The van der Waals surface area contributed by atoms with Crippen LogP contribution in [-0.2, 0) is 17.6 Å². The average Bonchev–Trinajstić information content (AvgIpc) is 2.92. The van der Waals surface area contributed by atoms with Crippen LogP contribution < -0.4 is 4.90 Å². The highest BCUT2D eigenvalue weighted by Crippen LogP contribution is 2.40. The van der Waals surface area contributed by atoms with E-state index in [4.69, 9.17) is 14.7 Å². The molecular weight excluding hydrogens is 368 g/mol. The summed E-state index contributed by atoms with van der Waals surface area (Å²) >= 11 is 1.94. The van der Waals surface area contributed by atoms with Gasteiger partial charge in [-0.2, -0.15) is 0 Å². The van der Waals surface area contributed by atoms with Crippen molar-refractivity contribution in [2.24, 2.45) is 0 Å². The van der Waals surface area contributed by atoms with E-state index in [0.29, 0.717) is 5.92 Å². The third kappa shape index (κ3) is 4.05. The molecule has 0 aromatic carbocycles. The first-order chi connectivity index (χ1) is 13.7. The lowest BCUT2D eigenvalue weighted by Crippen LogP contribution is -2.47. The molecule has 6 heteroatoms. The molecule has 2 aliphatic rings. The van der Waals surface area contributed by atoms with Crippen LogP contribution in [0.5, 0.6) is 0 Å². The Bertz CT molecular complexity index is 797. The van der Waals surface area contributed by atoms with E-state index in [-0.39, 0.29) is 0 Å². The van der Waals surface area contributed by atoms with Crippen LogP contribution in [0, 0.1) is 0 Å². The molecule has 0 saturated carbocycles. The molecule has 1 aliphatic heterocycles. The van der Waals surface area contributed by atoms with Crippen molar-refractivity contribution in [3.8, 4) is 0 Å². The fourth-order valence-corrected chi connectivity index (χ4v) is 5.63. The van der Waals surface area contributed by atoms with Crippen LogP contribution in [0.4, 0.5) is 5.82 Å². The number of hydrogen-bond acceptors (Lipinski definition) is 6. The highest BCUT2D eigenvalue weighted by atomic mass is 32.1. The third-order valence-electron chi connectivity index (χ3n) is 6.40. The minimum atomic E-state index is 0.410. The summed E-state index contributed by atoms with van der Waals surface area (Å²) in [5, 5.41) is 1.37. The second-order valence-corrected chi connectivity index (χ2v) is 9.36. The number of nitrogens with zero attached hydrogens (tertiary/aromatic N) is 4. The van der Waals surface area contributed by atoms with Crippen molar-refractivity contribution >= 4 is 27.4 Å². The first-order valence-corrected chi connectivity index (χ1v) is 11.8. The number of aromatic nitrogens is 2. The van der Waals surface area contributed by atoms with Crippen molar-refractivity contribution in [1.29, 1.82) is 0 Å². The largest absolute Gasteiger partial charge is 0.383 e. The number of anilines is 1. The Morgan fingerprint density at radius 2 is 1.86 bits per heavy atom. The topological polar surface area (TPSA) is 41.5 Å². The van der Waals surface area contributed by atoms with Gasteiger partial charge in [0, 0.05) is 50.6 Å². The summed E-state index contributed by atoms with van der Waals surface area (Å²) < 4.78 is 5.26. The number of hydrogen-bond donors (Lipinski definition) is 0. The lowest BCUT2D eigenvalue weighted by atomic mass is 10.1. The second kappa shape index (κ2) is 9.06. The lowest BCUT2D eigenvalue weighted by Gasteiger charge is -2.35. The summed E-state index contributed by atoms with van der Waals surface area (Å²) in [4.78, 5) is 18.0. The van der Waals surface area contributed by atoms with Gasteiger partial charge in [-0.1, -0.05) is 20.3 Å². The lowest BCUT2D eigenvalue weighted by molar-refractivity contribution is 0.144. The summed E-state index contributed by atoms with van der Waals surface area (Å²) in [5.74, 6) is 2.65. The molecule has 0 bridgehead atoms. The zero-order valence-electron chi connectivity index (χ0n) is 17.7. The molecule has 2 aromatic heterocycles. The Balaban J connectivity index is 1.70. The summed E-state index contributed by atoms with van der Waals surface area (Å²) in [6.07, 6.45) is 7.47. The molecule has 4 rings (SSSR count). The quantitative estimate of drug-likeness (QED) is 0.676. The van der Waals surface area contributed by atoms with Crippen molar-refractivity contribution in [3.05, 3.63) is 16.3 Å². The van der Waals surface area contributed by atoms with Crippen molar-refractivity contribution in [1.82, 2.24) is 14.9 Å². The Hall–Kier alpha value is -1.24. The van der Waals surface area contributed by atoms with Crippen molar-refractivity contribution in [2.75, 3.05) is 51.3 Å². The standard InChI is InChI=1S/C22H34N4OS/c1-4-16(2)20-23-21(26-12-10-25(11-13-26)14-15-27-3)19-17-8-6-5-7-9-18(17)28-22(19)24-20/h16H,4-15H2,1-3H3. The number of aryl methyl sites for hydroxylation is 2. The van der Waals surface area contributed by atoms with Crippen molar-refractivity contribution < 1.29 is 4.74 Å². The molecule has 1 unspecified atom stereocenters. The van der Waals surface area contributed by atoms with Crippen LogP contribution in [-0.4, -0.2) is 61.3 Å². The van der Waals surface area contributed by atoms with Crippen molar-refractivity contribution in [2.45, 2.75) is 58.3 Å². The maximum absolute atomic E-state index is 5.26. The minimum Gasteiger partial charge on any atom is -0.383 e. The molecule has 1 atom stereocenters. The highest BCUT2D eigenvalue weighted by Gasteiger charge is 2.26. The zero-order chi connectivity index (χ0) is 19.5. The predicted molar refractivity (Wildman–Crippen MR) is 118 cm³/mol. The van der Waals surface area contributed by atoms with Crippen LogP contribution in [0.3, 0.4) is 0 Å². The Morgan fingerprint density at radius 3 is 2.61 bits per heavy atom. The molecule has 1 aliphatic carbocycles. The van der Waals surface area contributed by atoms with E-state index in [0.717, 1.165) is 51.6 Å². The number of methoxy groups -OCH3 is 1. The molecule has 1 saturated heterocycles. The highest BCUT2D eigenvalue weighted by molar-refractivity contribution is 7.19. The van der Waals surface area contributed by atoms with Gasteiger partial charge in [-0.25, -0.2) is 9.97 Å². The molecular formula is C22H34N4OS. The van der Waals surface area contributed by atoms with Crippen LogP contribution in [0.1, 0.15) is 61.7 Å². The van der Waals surface area contributed by atoms with E-state index < -0.39 is 0 Å². The van der Waals surface area contributed by atoms with Crippen LogP contribution >= 0.6 is 11.3 Å². The number of fused-ring (bicyclic) bond motifs is 3. The first-order valence-electron chi connectivity index (χ1n) is 11.0. The van der Waals surface area contributed by atoms with Gasteiger partial charge in [0.05, 0.1) is 12.0 Å². The van der Waals surface area contributed by atoms with Crippen molar-refractivity contribution in [3.63, 3.8) is 0 Å². The molecule has 5 nitrogen and oxygen atoms in total. The molecule has 3 heterocycles. The van der Waals surface area contributed by atoms with E-state index in [1.54, 1.807) is 17.6 Å². The van der Waals surface area contributed by atoms with Gasteiger partial charge in [0.1, 0.15) is 16.5 Å². The summed E-state index contributed by atoms with van der Waals surface area (Å²) in [6, 6.07) is 0. The molecule has 0 amide bonds. The molecule has 2 aromatic rings. The molecule has 154 valence electrons. The SMILES string of the molecule is CCC(C)c1nc(N2CCN(CCOC)CC2)c2c3c(sc2n1)CCCCC3. The van der Waals surface area contributed by atoms with Gasteiger partial charge in [-0.05, 0) is 37.7 Å².